The molecule has 0 radical (unpaired) electrons. The summed E-state index contributed by atoms with van der Waals surface area (Å²) >= 11 is 0. The first-order chi connectivity index (χ1) is 10.3. The molecule has 0 amide bonds. The van der Waals surface area contributed by atoms with E-state index < -0.39 is 0 Å². The first-order valence-electron chi connectivity index (χ1n) is 6.67. The Bertz CT molecular complexity index is 570. The van der Waals surface area contributed by atoms with E-state index in [1.54, 1.807) is 27.5 Å². The van der Waals surface area contributed by atoms with Gasteiger partial charge >= 0.3 is 0 Å². The Balaban J connectivity index is 1.90. The second-order valence-electron chi connectivity index (χ2n) is 4.50. The zero-order chi connectivity index (χ0) is 15.1. The number of rotatable bonds is 7. The van der Waals surface area contributed by atoms with Gasteiger partial charge in [-0.15, -0.1) is 0 Å². The van der Waals surface area contributed by atoms with Gasteiger partial charge in [0.1, 0.15) is 0 Å². The molecular weight excluding hydrogens is 268 g/mol. The molecule has 5 heteroatoms. The minimum Gasteiger partial charge on any atom is -0.493 e. The highest BCUT2D eigenvalue weighted by molar-refractivity contribution is 5.42. The quantitative estimate of drug-likeness (QED) is 0.848. The summed E-state index contributed by atoms with van der Waals surface area (Å²) in [6, 6.07) is 9.74. The van der Waals surface area contributed by atoms with Crippen LogP contribution in [0.1, 0.15) is 11.1 Å². The van der Waals surface area contributed by atoms with E-state index in [9.17, 15) is 0 Å². The van der Waals surface area contributed by atoms with Gasteiger partial charge < -0.3 is 19.5 Å². The maximum atomic E-state index is 5.29. The van der Waals surface area contributed by atoms with Crippen LogP contribution >= 0.6 is 0 Å². The van der Waals surface area contributed by atoms with Crippen LogP contribution in [0.2, 0.25) is 0 Å². The van der Waals surface area contributed by atoms with Crippen LogP contribution in [0.25, 0.3) is 0 Å². The summed E-state index contributed by atoms with van der Waals surface area (Å²) in [7, 11) is 4.88. The highest BCUT2D eigenvalue weighted by Gasteiger charge is 2.04. The Hall–Kier alpha value is -2.27. The van der Waals surface area contributed by atoms with E-state index in [1.165, 1.54) is 0 Å². The number of pyridine rings is 1. The van der Waals surface area contributed by atoms with Crippen LogP contribution in [0.15, 0.2) is 36.5 Å². The number of nitrogens with zero attached hydrogens (tertiary/aromatic N) is 1. The Morgan fingerprint density at radius 1 is 0.857 bits per heavy atom. The molecule has 0 fully saturated rings. The summed E-state index contributed by atoms with van der Waals surface area (Å²) in [6.07, 6.45) is 1.81. The van der Waals surface area contributed by atoms with Crippen molar-refractivity contribution in [2.45, 2.75) is 13.1 Å². The minimum absolute atomic E-state index is 0.624. The van der Waals surface area contributed by atoms with Crippen LogP contribution in [0, 0.1) is 0 Å². The van der Waals surface area contributed by atoms with E-state index in [0.29, 0.717) is 5.88 Å². The molecule has 0 spiro atoms. The number of hydrogen-bond donors (Lipinski definition) is 1. The predicted octanol–water partition coefficient (Wildman–Crippen LogP) is 2.40. The van der Waals surface area contributed by atoms with Crippen molar-refractivity contribution < 1.29 is 14.2 Å². The maximum absolute atomic E-state index is 5.29. The van der Waals surface area contributed by atoms with Gasteiger partial charge in [-0.25, -0.2) is 4.98 Å². The number of methoxy groups -OCH3 is 3. The van der Waals surface area contributed by atoms with E-state index in [2.05, 4.69) is 10.3 Å². The normalized spacial score (nSPS) is 10.2. The van der Waals surface area contributed by atoms with Crippen LogP contribution in [0.5, 0.6) is 17.4 Å². The van der Waals surface area contributed by atoms with Crippen LogP contribution < -0.4 is 19.5 Å². The summed E-state index contributed by atoms with van der Waals surface area (Å²) in [5.41, 5.74) is 2.24. The lowest BCUT2D eigenvalue weighted by molar-refractivity contribution is 0.354. The van der Waals surface area contributed by atoms with Gasteiger partial charge in [0.25, 0.3) is 0 Å². The van der Waals surface area contributed by atoms with Crippen LogP contribution in [-0.4, -0.2) is 26.3 Å². The summed E-state index contributed by atoms with van der Waals surface area (Å²) < 4.78 is 15.5. The topological polar surface area (TPSA) is 52.6 Å². The zero-order valence-electron chi connectivity index (χ0n) is 12.6. The van der Waals surface area contributed by atoms with Crippen molar-refractivity contribution in [2.75, 3.05) is 21.3 Å². The molecule has 0 aliphatic heterocycles. The van der Waals surface area contributed by atoms with Gasteiger partial charge in [-0.3, -0.25) is 0 Å². The van der Waals surface area contributed by atoms with Crippen molar-refractivity contribution in [3.8, 4) is 17.4 Å². The lowest BCUT2D eigenvalue weighted by atomic mass is 10.2. The molecule has 0 aliphatic carbocycles. The van der Waals surface area contributed by atoms with Gasteiger partial charge in [0.05, 0.1) is 21.3 Å². The molecule has 0 bridgehead atoms. The van der Waals surface area contributed by atoms with Crippen molar-refractivity contribution >= 4 is 0 Å². The van der Waals surface area contributed by atoms with Crippen molar-refractivity contribution in [3.63, 3.8) is 0 Å². The van der Waals surface area contributed by atoms with Crippen LogP contribution in [0.4, 0.5) is 0 Å². The number of ether oxygens (including phenoxy) is 3. The molecule has 112 valence electrons. The summed E-state index contributed by atoms with van der Waals surface area (Å²) in [6.45, 7) is 1.48. The smallest absolute Gasteiger partial charge is 0.212 e. The van der Waals surface area contributed by atoms with Crippen molar-refractivity contribution in [2.24, 2.45) is 0 Å². The van der Waals surface area contributed by atoms with Gasteiger partial charge in [-0.05, 0) is 23.3 Å². The molecule has 5 nitrogen and oxygen atoms in total. The molecule has 0 unspecified atom stereocenters. The average molecular weight is 288 g/mol. The van der Waals surface area contributed by atoms with Crippen LogP contribution in [-0.2, 0) is 13.1 Å². The third-order valence-electron chi connectivity index (χ3n) is 3.11. The van der Waals surface area contributed by atoms with Crippen molar-refractivity contribution in [1.29, 1.82) is 0 Å². The molecular formula is C16H20N2O3. The fourth-order valence-corrected chi connectivity index (χ4v) is 1.98. The molecule has 1 aromatic heterocycles. The predicted molar refractivity (Wildman–Crippen MR) is 80.9 cm³/mol. The second kappa shape index (κ2) is 7.50. The molecule has 0 aliphatic rings. The lowest BCUT2D eigenvalue weighted by Gasteiger charge is -2.10. The molecule has 21 heavy (non-hydrogen) atoms. The first kappa shape index (κ1) is 15.1. The largest absolute Gasteiger partial charge is 0.493 e. The first-order valence-corrected chi connectivity index (χ1v) is 6.67. The fraction of sp³-hybridized carbons (Fsp3) is 0.312. The zero-order valence-corrected chi connectivity index (χ0v) is 12.6. The SMILES string of the molecule is COc1ccc(CNCc2ccc(OC)c(OC)c2)cn1. The molecule has 0 saturated heterocycles. The van der Waals surface area contributed by atoms with Crippen molar-refractivity contribution in [3.05, 3.63) is 47.7 Å². The Kier molecular flexibility index (Phi) is 5.40. The van der Waals surface area contributed by atoms with E-state index in [4.69, 9.17) is 14.2 Å². The summed E-state index contributed by atoms with van der Waals surface area (Å²) in [4.78, 5) is 4.17. The average Bonchev–Trinajstić information content (AvgIpc) is 2.55. The molecule has 1 aromatic carbocycles. The third-order valence-corrected chi connectivity index (χ3v) is 3.11. The number of benzene rings is 1. The Morgan fingerprint density at radius 2 is 1.57 bits per heavy atom. The molecule has 1 N–H and O–H groups in total. The van der Waals surface area contributed by atoms with Crippen LogP contribution in [0.3, 0.4) is 0 Å². The van der Waals surface area contributed by atoms with E-state index >= 15 is 0 Å². The van der Waals surface area contributed by atoms with E-state index in [-0.39, 0.29) is 0 Å². The van der Waals surface area contributed by atoms with Gasteiger partial charge in [0, 0.05) is 25.4 Å². The highest BCUT2D eigenvalue weighted by Crippen LogP contribution is 2.27. The van der Waals surface area contributed by atoms with Crippen molar-refractivity contribution in [1.82, 2.24) is 10.3 Å². The molecule has 0 atom stereocenters. The maximum Gasteiger partial charge on any atom is 0.212 e. The van der Waals surface area contributed by atoms with Gasteiger partial charge in [-0.1, -0.05) is 12.1 Å². The standard InChI is InChI=1S/C16H20N2O3/c1-19-14-6-4-12(8-15(14)20-2)9-17-10-13-5-7-16(21-3)18-11-13/h4-8,11,17H,9-10H2,1-3H3. The number of aromatic nitrogens is 1. The lowest BCUT2D eigenvalue weighted by Crippen LogP contribution is -2.13. The van der Waals surface area contributed by atoms with E-state index in [1.807, 2.05) is 30.3 Å². The number of hydrogen-bond acceptors (Lipinski definition) is 5. The minimum atomic E-state index is 0.624. The van der Waals surface area contributed by atoms with Gasteiger partial charge in [0.15, 0.2) is 11.5 Å². The number of nitrogens with one attached hydrogen (secondary N) is 1. The highest BCUT2D eigenvalue weighted by atomic mass is 16.5. The Labute approximate surface area is 124 Å². The van der Waals surface area contributed by atoms with Gasteiger partial charge in [-0.2, -0.15) is 0 Å². The summed E-state index contributed by atoms with van der Waals surface area (Å²) in [5.74, 6) is 2.10. The third kappa shape index (κ3) is 4.10. The molecule has 1 heterocycles. The summed E-state index contributed by atoms with van der Waals surface area (Å²) in [5, 5.41) is 3.37. The molecule has 2 rings (SSSR count). The Morgan fingerprint density at radius 3 is 2.19 bits per heavy atom. The van der Waals surface area contributed by atoms with E-state index in [0.717, 1.165) is 35.7 Å². The second-order valence-corrected chi connectivity index (χ2v) is 4.50. The van der Waals surface area contributed by atoms with Gasteiger partial charge in [0.2, 0.25) is 5.88 Å². The molecule has 2 aromatic rings. The monoisotopic (exact) mass is 288 g/mol. The fourth-order valence-electron chi connectivity index (χ4n) is 1.98. The molecule has 0 saturated carbocycles.